The first-order valence-corrected chi connectivity index (χ1v) is 8.84. The van der Waals surface area contributed by atoms with Crippen LogP contribution in [0.1, 0.15) is 25.0 Å². The maximum absolute atomic E-state index is 11.6. The molecule has 4 aromatic carbocycles. The van der Waals surface area contributed by atoms with Crippen molar-refractivity contribution >= 4 is 21.5 Å². The summed E-state index contributed by atoms with van der Waals surface area (Å²) in [7, 11) is 0. The Bertz CT molecular complexity index is 994. The van der Waals surface area contributed by atoms with Gasteiger partial charge in [0.15, 0.2) is 0 Å². The molecule has 0 heterocycles. The summed E-state index contributed by atoms with van der Waals surface area (Å²) in [5, 5.41) is 27.1. The Kier molecular flexibility index (Phi) is 3.83. The van der Waals surface area contributed by atoms with E-state index in [2.05, 4.69) is 0 Å². The predicted molar refractivity (Wildman–Crippen MR) is 107 cm³/mol. The summed E-state index contributed by atoms with van der Waals surface area (Å²) in [5.74, 6) is 0. The van der Waals surface area contributed by atoms with Crippen LogP contribution in [-0.2, 0) is 11.2 Å². The van der Waals surface area contributed by atoms with Gasteiger partial charge >= 0.3 is 0 Å². The third-order valence-electron chi connectivity index (χ3n) is 5.58. The predicted octanol–water partition coefficient (Wildman–Crippen LogP) is 5.11. The lowest BCUT2D eigenvalue weighted by atomic mass is 9.73. The molecule has 0 amide bonds. The second-order valence-corrected chi connectivity index (χ2v) is 7.20. The third kappa shape index (κ3) is 2.42. The molecule has 0 radical (unpaired) electrons. The Hall–Kier alpha value is -2.68. The Morgan fingerprint density at radius 1 is 0.500 bits per heavy atom. The monoisotopic (exact) mass is 342 g/mol. The van der Waals surface area contributed by atoms with E-state index in [1.54, 1.807) is 13.8 Å². The van der Waals surface area contributed by atoms with Gasteiger partial charge in [0.05, 0.1) is 0 Å². The summed E-state index contributed by atoms with van der Waals surface area (Å²) < 4.78 is 0. The summed E-state index contributed by atoms with van der Waals surface area (Å²) in [6.45, 7) is 3.38. The van der Waals surface area contributed by atoms with Crippen LogP contribution in [0.15, 0.2) is 84.9 Å². The minimum atomic E-state index is -1.47. The molecule has 2 heteroatoms. The number of fused-ring (bicyclic) bond motifs is 2. The Balaban J connectivity index is 1.96. The van der Waals surface area contributed by atoms with E-state index in [4.69, 9.17) is 0 Å². The van der Waals surface area contributed by atoms with E-state index in [0.29, 0.717) is 11.1 Å². The fourth-order valence-electron chi connectivity index (χ4n) is 3.82. The van der Waals surface area contributed by atoms with Gasteiger partial charge in [-0.05, 0) is 46.5 Å². The van der Waals surface area contributed by atoms with Crippen molar-refractivity contribution in [2.45, 2.75) is 25.0 Å². The zero-order chi connectivity index (χ0) is 18.4. The van der Waals surface area contributed by atoms with Crippen LogP contribution in [0.5, 0.6) is 0 Å². The molecule has 4 rings (SSSR count). The van der Waals surface area contributed by atoms with E-state index in [9.17, 15) is 10.2 Å². The molecule has 2 unspecified atom stereocenters. The van der Waals surface area contributed by atoms with Crippen LogP contribution >= 0.6 is 0 Å². The van der Waals surface area contributed by atoms with Crippen LogP contribution in [0.25, 0.3) is 21.5 Å². The van der Waals surface area contributed by atoms with Gasteiger partial charge < -0.3 is 10.2 Å². The number of hydrogen-bond acceptors (Lipinski definition) is 2. The van der Waals surface area contributed by atoms with Crippen molar-refractivity contribution in [3.05, 3.63) is 96.1 Å². The molecule has 0 aromatic heterocycles. The molecule has 0 bridgehead atoms. The van der Waals surface area contributed by atoms with Gasteiger partial charge in [0.1, 0.15) is 11.2 Å². The lowest BCUT2D eigenvalue weighted by Crippen LogP contribution is -2.45. The number of aliphatic hydroxyl groups is 2. The summed E-state index contributed by atoms with van der Waals surface area (Å²) in [6.07, 6.45) is 0. The first-order chi connectivity index (χ1) is 12.4. The fourth-order valence-corrected chi connectivity index (χ4v) is 3.82. The average molecular weight is 342 g/mol. The van der Waals surface area contributed by atoms with Crippen molar-refractivity contribution in [2.75, 3.05) is 0 Å². The van der Waals surface area contributed by atoms with Crippen molar-refractivity contribution in [3.8, 4) is 0 Å². The highest BCUT2D eigenvalue weighted by atomic mass is 16.4. The van der Waals surface area contributed by atoms with Gasteiger partial charge in [-0.25, -0.2) is 0 Å². The van der Waals surface area contributed by atoms with Crippen LogP contribution in [-0.4, -0.2) is 10.2 Å². The lowest BCUT2D eigenvalue weighted by Gasteiger charge is -2.40. The summed E-state index contributed by atoms with van der Waals surface area (Å²) >= 11 is 0. The molecule has 0 spiro atoms. The largest absolute Gasteiger partial charge is 0.382 e. The highest BCUT2D eigenvalue weighted by Crippen LogP contribution is 2.44. The van der Waals surface area contributed by atoms with E-state index in [-0.39, 0.29) is 0 Å². The lowest BCUT2D eigenvalue weighted by molar-refractivity contribution is -0.141. The minimum Gasteiger partial charge on any atom is -0.382 e. The van der Waals surface area contributed by atoms with Gasteiger partial charge in [-0.3, -0.25) is 0 Å². The first kappa shape index (κ1) is 16.8. The molecule has 2 nitrogen and oxygen atoms in total. The van der Waals surface area contributed by atoms with Crippen molar-refractivity contribution in [3.63, 3.8) is 0 Å². The number of benzene rings is 4. The van der Waals surface area contributed by atoms with Crippen molar-refractivity contribution < 1.29 is 10.2 Å². The van der Waals surface area contributed by atoms with Gasteiger partial charge in [0.2, 0.25) is 0 Å². The zero-order valence-electron chi connectivity index (χ0n) is 15.0. The Morgan fingerprint density at radius 3 is 1.27 bits per heavy atom. The highest BCUT2D eigenvalue weighted by Gasteiger charge is 2.46. The SMILES string of the molecule is CC(O)(c1cccc2ccccc12)C(C)(O)c1cccc2ccccc12. The molecule has 0 aliphatic heterocycles. The smallest absolute Gasteiger partial charge is 0.120 e. The van der Waals surface area contributed by atoms with Gasteiger partial charge in [-0.2, -0.15) is 0 Å². The average Bonchev–Trinajstić information content (AvgIpc) is 2.66. The van der Waals surface area contributed by atoms with E-state index in [1.807, 2.05) is 84.9 Å². The van der Waals surface area contributed by atoms with E-state index < -0.39 is 11.2 Å². The molecule has 0 saturated carbocycles. The fraction of sp³-hybridized carbons (Fsp3) is 0.167. The van der Waals surface area contributed by atoms with Gasteiger partial charge in [0, 0.05) is 0 Å². The Labute approximate surface area is 153 Å². The zero-order valence-corrected chi connectivity index (χ0v) is 15.0. The summed E-state index contributed by atoms with van der Waals surface area (Å²) in [5.41, 5.74) is -1.52. The van der Waals surface area contributed by atoms with Crippen molar-refractivity contribution in [2.24, 2.45) is 0 Å². The molecule has 0 aliphatic carbocycles. The number of rotatable bonds is 3. The van der Waals surface area contributed by atoms with Gasteiger partial charge in [-0.1, -0.05) is 84.9 Å². The molecular weight excluding hydrogens is 320 g/mol. The maximum Gasteiger partial charge on any atom is 0.120 e. The standard InChI is InChI=1S/C24H22O2/c1-23(25,21-15-7-11-17-9-3-5-13-19(17)21)24(2,26)22-16-8-12-18-10-4-6-14-20(18)22/h3-16,25-26H,1-2H3. The van der Waals surface area contributed by atoms with Crippen LogP contribution in [0.4, 0.5) is 0 Å². The molecule has 0 aliphatic rings. The van der Waals surface area contributed by atoms with Crippen LogP contribution in [0, 0.1) is 0 Å². The molecule has 0 saturated heterocycles. The third-order valence-corrected chi connectivity index (χ3v) is 5.58. The van der Waals surface area contributed by atoms with E-state index >= 15 is 0 Å². The molecule has 26 heavy (non-hydrogen) atoms. The molecular formula is C24H22O2. The summed E-state index contributed by atoms with van der Waals surface area (Å²) in [6, 6.07) is 27.5. The topological polar surface area (TPSA) is 40.5 Å². The highest BCUT2D eigenvalue weighted by molar-refractivity contribution is 5.88. The van der Waals surface area contributed by atoms with Crippen molar-refractivity contribution in [1.82, 2.24) is 0 Å². The maximum atomic E-state index is 11.6. The Morgan fingerprint density at radius 2 is 0.846 bits per heavy atom. The molecule has 130 valence electrons. The van der Waals surface area contributed by atoms with E-state index in [0.717, 1.165) is 21.5 Å². The first-order valence-electron chi connectivity index (χ1n) is 8.84. The van der Waals surface area contributed by atoms with Gasteiger partial charge in [0.25, 0.3) is 0 Å². The minimum absolute atomic E-state index is 0.716. The second-order valence-electron chi connectivity index (χ2n) is 7.20. The quantitative estimate of drug-likeness (QED) is 0.543. The molecule has 2 atom stereocenters. The molecule has 0 fully saturated rings. The van der Waals surface area contributed by atoms with Crippen molar-refractivity contribution in [1.29, 1.82) is 0 Å². The van der Waals surface area contributed by atoms with Gasteiger partial charge in [-0.15, -0.1) is 0 Å². The van der Waals surface area contributed by atoms with Crippen LogP contribution in [0.3, 0.4) is 0 Å². The normalized spacial score (nSPS) is 16.3. The second kappa shape index (κ2) is 5.94. The van der Waals surface area contributed by atoms with E-state index in [1.165, 1.54) is 0 Å². The van der Waals surface area contributed by atoms with Crippen LogP contribution in [0.2, 0.25) is 0 Å². The van der Waals surface area contributed by atoms with Crippen LogP contribution < -0.4 is 0 Å². The molecule has 4 aromatic rings. The summed E-state index contributed by atoms with van der Waals surface area (Å²) in [4.78, 5) is 0. The molecule has 2 N–H and O–H groups in total. The number of hydrogen-bond donors (Lipinski definition) is 2.